The molecule has 0 amide bonds. The van der Waals surface area contributed by atoms with Crippen molar-refractivity contribution in [3.63, 3.8) is 0 Å². The number of nitrogens with one attached hydrogen (secondary N) is 1. The van der Waals surface area contributed by atoms with E-state index in [1.807, 2.05) is 43.4 Å². The van der Waals surface area contributed by atoms with Crippen LogP contribution in [-0.4, -0.2) is 41.2 Å². The van der Waals surface area contributed by atoms with Crippen molar-refractivity contribution in [1.29, 1.82) is 0 Å². The van der Waals surface area contributed by atoms with Gasteiger partial charge < -0.3 is 10.1 Å². The predicted octanol–water partition coefficient (Wildman–Crippen LogP) is 3.34. The summed E-state index contributed by atoms with van der Waals surface area (Å²) in [5.41, 5.74) is 2.39. The summed E-state index contributed by atoms with van der Waals surface area (Å²) in [5, 5.41) is 7.67. The van der Waals surface area contributed by atoms with Crippen LogP contribution < -0.4 is 10.1 Å². The van der Waals surface area contributed by atoms with E-state index in [-0.39, 0.29) is 0 Å². The molecule has 27 heavy (non-hydrogen) atoms. The van der Waals surface area contributed by atoms with Crippen LogP contribution in [0.5, 0.6) is 5.75 Å². The van der Waals surface area contributed by atoms with Crippen LogP contribution in [0, 0.1) is 0 Å². The highest BCUT2D eigenvalue weighted by Crippen LogP contribution is 2.23. The van der Waals surface area contributed by atoms with Crippen LogP contribution in [0.1, 0.15) is 23.2 Å². The molecule has 1 saturated heterocycles. The van der Waals surface area contributed by atoms with Gasteiger partial charge in [-0.3, -0.25) is 4.79 Å². The molecule has 0 saturated carbocycles. The number of ether oxygens (including phenoxy) is 1. The zero-order chi connectivity index (χ0) is 19.1. The van der Waals surface area contributed by atoms with Crippen molar-refractivity contribution in [2.75, 3.05) is 20.2 Å². The lowest BCUT2D eigenvalue weighted by molar-refractivity contribution is 0.112. The Labute approximate surface area is 159 Å². The lowest BCUT2D eigenvalue weighted by atomic mass is 10.1. The van der Waals surface area contributed by atoms with Gasteiger partial charge in [0.15, 0.2) is 11.6 Å². The quantitative estimate of drug-likeness (QED) is 0.719. The summed E-state index contributed by atoms with van der Waals surface area (Å²) in [7, 11) is 3.47. The summed E-state index contributed by atoms with van der Waals surface area (Å²) >= 11 is 0. The molecule has 1 fully saturated rings. The number of hydrogen-bond donors (Lipinski definition) is 1. The minimum atomic E-state index is 0.617. The third-order valence-corrected chi connectivity index (χ3v) is 4.35. The van der Waals surface area contributed by atoms with Crippen LogP contribution in [0.4, 0.5) is 0 Å². The summed E-state index contributed by atoms with van der Waals surface area (Å²) in [4.78, 5) is 15.5. The molecule has 2 heterocycles. The molecular formula is C21H24N4O2. The monoisotopic (exact) mass is 364 g/mol. The standard InChI is InChI=1S/C17H15N3O2.C4H9N/c1-20-17(14-5-3-4-12(10-14)11-21)18-16(19-20)13-6-8-15(22-2)9-7-13;1-2-4-5-3-1/h3-11H,1-2H3;5H,1-4H2. The molecule has 3 aromatic rings. The lowest BCUT2D eigenvalue weighted by Gasteiger charge is -2.00. The topological polar surface area (TPSA) is 69.0 Å². The zero-order valence-corrected chi connectivity index (χ0v) is 15.7. The van der Waals surface area contributed by atoms with E-state index in [2.05, 4.69) is 15.4 Å². The van der Waals surface area contributed by atoms with Gasteiger partial charge in [-0.05, 0) is 56.3 Å². The third kappa shape index (κ3) is 4.80. The Hall–Kier alpha value is -2.99. The fourth-order valence-corrected chi connectivity index (χ4v) is 2.87. The number of aromatic nitrogens is 3. The number of aryl methyl sites for hydroxylation is 1. The van der Waals surface area contributed by atoms with Gasteiger partial charge >= 0.3 is 0 Å². The minimum absolute atomic E-state index is 0.617. The molecule has 0 atom stereocenters. The first-order valence-corrected chi connectivity index (χ1v) is 9.03. The number of rotatable bonds is 4. The second kappa shape index (κ2) is 9.09. The first kappa shape index (κ1) is 18.8. The molecule has 0 spiro atoms. The summed E-state index contributed by atoms with van der Waals surface area (Å²) in [5.74, 6) is 2.14. The van der Waals surface area contributed by atoms with Gasteiger partial charge in [0.25, 0.3) is 0 Å². The van der Waals surface area contributed by atoms with E-state index in [9.17, 15) is 4.79 Å². The van der Waals surface area contributed by atoms with Gasteiger partial charge in [0, 0.05) is 23.7 Å². The highest BCUT2D eigenvalue weighted by Gasteiger charge is 2.11. The molecule has 6 heteroatoms. The molecule has 140 valence electrons. The van der Waals surface area contributed by atoms with Crippen LogP contribution in [-0.2, 0) is 7.05 Å². The average Bonchev–Trinajstić information content (AvgIpc) is 3.41. The van der Waals surface area contributed by atoms with Crippen molar-refractivity contribution in [3.8, 4) is 28.5 Å². The van der Waals surface area contributed by atoms with E-state index in [1.165, 1.54) is 25.9 Å². The normalized spacial score (nSPS) is 13.0. The Bertz CT molecular complexity index is 876. The van der Waals surface area contributed by atoms with Gasteiger partial charge in [0.1, 0.15) is 12.0 Å². The van der Waals surface area contributed by atoms with Gasteiger partial charge in [-0.1, -0.05) is 18.2 Å². The van der Waals surface area contributed by atoms with Crippen molar-refractivity contribution in [1.82, 2.24) is 20.1 Å². The van der Waals surface area contributed by atoms with Crippen LogP contribution in [0.25, 0.3) is 22.8 Å². The van der Waals surface area contributed by atoms with Gasteiger partial charge in [-0.2, -0.15) is 5.10 Å². The minimum Gasteiger partial charge on any atom is -0.497 e. The predicted molar refractivity (Wildman–Crippen MR) is 106 cm³/mol. The number of nitrogens with zero attached hydrogens (tertiary/aromatic N) is 3. The fraction of sp³-hybridized carbons (Fsp3) is 0.286. The molecular weight excluding hydrogens is 340 g/mol. The molecule has 0 unspecified atom stereocenters. The number of benzene rings is 2. The van der Waals surface area contributed by atoms with Crippen molar-refractivity contribution < 1.29 is 9.53 Å². The Morgan fingerprint density at radius 1 is 1.07 bits per heavy atom. The zero-order valence-electron chi connectivity index (χ0n) is 15.7. The maximum atomic E-state index is 10.9. The number of carbonyl (C=O) groups is 1. The van der Waals surface area contributed by atoms with Gasteiger partial charge in [-0.25, -0.2) is 9.67 Å². The molecule has 1 N–H and O–H groups in total. The molecule has 4 rings (SSSR count). The molecule has 6 nitrogen and oxygen atoms in total. The maximum Gasteiger partial charge on any atom is 0.181 e. The molecule has 2 aromatic carbocycles. The molecule has 0 radical (unpaired) electrons. The smallest absolute Gasteiger partial charge is 0.181 e. The second-order valence-electron chi connectivity index (χ2n) is 6.31. The van der Waals surface area contributed by atoms with E-state index >= 15 is 0 Å². The summed E-state index contributed by atoms with van der Waals surface area (Å²) in [6.07, 6.45) is 3.60. The fourth-order valence-electron chi connectivity index (χ4n) is 2.87. The van der Waals surface area contributed by atoms with Gasteiger partial charge in [0.2, 0.25) is 0 Å². The maximum absolute atomic E-state index is 10.9. The van der Waals surface area contributed by atoms with Crippen LogP contribution in [0.15, 0.2) is 48.5 Å². The number of carbonyl (C=O) groups excluding carboxylic acids is 1. The van der Waals surface area contributed by atoms with Crippen molar-refractivity contribution >= 4 is 6.29 Å². The second-order valence-corrected chi connectivity index (χ2v) is 6.31. The van der Waals surface area contributed by atoms with Crippen molar-refractivity contribution in [3.05, 3.63) is 54.1 Å². The summed E-state index contributed by atoms with van der Waals surface area (Å²) in [6, 6.07) is 14.9. The largest absolute Gasteiger partial charge is 0.497 e. The van der Waals surface area contributed by atoms with E-state index in [0.717, 1.165) is 29.0 Å². The molecule has 1 aromatic heterocycles. The number of aldehydes is 1. The Balaban J connectivity index is 0.000000364. The Morgan fingerprint density at radius 2 is 1.81 bits per heavy atom. The number of methoxy groups -OCH3 is 1. The van der Waals surface area contributed by atoms with Gasteiger partial charge in [0.05, 0.1) is 7.11 Å². The Morgan fingerprint density at radius 3 is 2.41 bits per heavy atom. The molecule has 0 aliphatic carbocycles. The van der Waals surface area contributed by atoms with Crippen LogP contribution in [0.3, 0.4) is 0 Å². The molecule has 1 aliphatic rings. The SMILES string of the molecule is C1CCNC1.COc1ccc(-c2nc(-c3cccc(C=O)c3)n(C)n2)cc1. The van der Waals surface area contributed by atoms with E-state index in [1.54, 1.807) is 23.9 Å². The van der Waals surface area contributed by atoms with Crippen molar-refractivity contribution in [2.45, 2.75) is 12.8 Å². The van der Waals surface area contributed by atoms with E-state index in [0.29, 0.717) is 11.4 Å². The van der Waals surface area contributed by atoms with Crippen molar-refractivity contribution in [2.24, 2.45) is 7.05 Å². The highest BCUT2D eigenvalue weighted by atomic mass is 16.5. The summed E-state index contributed by atoms with van der Waals surface area (Å²) in [6.45, 7) is 2.50. The first-order chi connectivity index (χ1) is 13.2. The molecule has 0 bridgehead atoms. The average molecular weight is 364 g/mol. The summed E-state index contributed by atoms with van der Waals surface area (Å²) < 4.78 is 6.86. The first-order valence-electron chi connectivity index (χ1n) is 9.03. The Kier molecular flexibility index (Phi) is 6.33. The van der Waals surface area contributed by atoms with Crippen LogP contribution in [0.2, 0.25) is 0 Å². The number of hydrogen-bond acceptors (Lipinski definition) is 5. The molecule has 1 aliphatic heterocycles. The van der Waals surface area contributed by atoms with E-state index < -0.39 is 0 Å². The van der Waals surface area contributed by atoms with E-state index in [4.69, 9.17) is 4.74 Å². The van der Waals surface area contributed by atoms with Gasteiger partial charge in [-0.15, -0.1) is 0 Å². The highest BCUT2D eigenvalue weighted by molar-refractivity contribution is 5.78. The van der Waals surface area contributed by atoms with Crippen LogP contribution >= 0.6 is 0 Å². The third-order valence-electron chi connectivity index (χ3n) is 4.35. The lowest BCUT2D eigenvalue weighted by Crippen LogP contribution is -2.03.